The summed E-state index contributed by atoms with van der Waals surface area (Å²) in [7, 11) is 0. The van der Waals surface area contributed by atoms with E-state index in [1.165, 1.54) is 0 Å². The summed E-state index contributed by atoms with van der Waals surface area (Å²) in [5.41, 5.74) is 0. The van der Waals surface area contributed by atoms with E-state index in [1.54, 1.807) is 0 Å². The van der Waals surface area contributed by atoms with Crippen molar-refractivity contribution in [3.63, 3.8) is 0 Å². The number of rotatable bonds is 16. The van der Waals surface area contributed by atoms with E-state index < -0.39 is 18.4 Å². The van der Waals surface area contributed by atoms with Crippen LogP contribution in [0.5, 0.6) is 0 Å². The molecule has 0 amide bonds. The van der Waals surface area contributed by atoms with E-state index in [0.29, 0.717) is 25.7 Å². The summed E-state index contributed by atoms with van der Waals surface area (Å²) >= 11 is 0. The number of aliphatic hydroxyl groups is 2. The molecule has 2 atom stereocenters. The Kier molecular flexibility index (Phi) is 15.6. The van der Waals surface area contributed by atoms with Crippen LogP contribution in [0, 0.1) is 0 Å². The second-order valence-corrected chi connectivity index (χ2v) is 6.49. The Balaban J connectivity index is 3.57. The SMILES string of the molecule is CCCCC(O)CCCOC(=O)CC(=O)OCCCC(O)CCCC. The summed E-state index contributed by atoms with van der Waals surface area (Å²) in [6, 6.07) is 0. The third-order valence-electron chi connectivity index (χ3n) is 3.96. The van der Waals surface area contributed by atoms with Gasteiger partial charge >= 0.3 is 11.9 Å². The lowest BCUT2D eigenvalue weighted by Gasteiger charge is -2.10. The standard InChI is InChI=1S/C19H36O6/c1-3-5-9-16(20)11-7-13-24-18(22)15-19(23)25-14-8-12-17(21)10-6-4-2/h16-17,20-21H,3-15H2,1-2H3. The highest BCUT2D eigenvalue weighted by Gasteiger charge is 2.13. The highest BCUT2D eigenvalue weighted by Crippen LogP contribution is 2.08. The van der Waals surface area contributed by atoms with Gasteiger partial charge in [0.05, 0.1) is 25.4 Å². The van der Waals surface area contributed by atoms with Crippen molar-refractivity contribution in [1.29, 1.82) is 0 Å². The minimum Gasteiger partial charge on any atom is -0.465 e. The number of hydrogen-bond acceptors (Lipinski definition) is 6. The molecule has 0 spiro atoms. The summed E-state index contributed by atoms with van der Waals surface area (Å²) in [5.74, 6) is -1.20. The quantitative estimate of drug-likeness (QED) is 0.249. The molecule has 148 valence electrons. The molecule has 0 aliphatic heterocycles. The first kappa shape index (κ1) is 23.9. The van der Waals surface area contributed by atoms with Crippen molar-refractivity contribution >= 4 is 11.9 Å². The van der Waals surface area contributed by atoms with Crippen LogP contribution in [0.15, 0.2) is 0 Å². The zero-order valence-corrected chi connectivity index (χ0v) is 15.9. The third kappa shape index (κ3) is 16.1. The Labute approximate surface area is 151 Å². The number of carbonyl (C=O) groups excluding carboxylic acids is 2. The molecule has 0 saturated carbocycles. The van der Waals surface area contributed by atoms with Gasteiger partial charge in [-0.15, -0.1) is 0 Å². The topological polar surface area (TPSA) is 93.1 Å². The predicted molar refractivity (Wildman–Crippen MR) is 96.1 cm³/mol. The molecule has 0 radical (unpaired) electrons. The van der Waals surface area contributed by atoms with Crippen LogP contribution in [-0.4, -0.2) is 47.6 Å². The number of carbonyl (C=O) groups is 2. The molecule has 0 saturated heterocycles. The fraction of sp³-hybridized carbons (Fsp3) is 0.895. The van der Waals surface area contributed by atoms with Gasteiger partial charge in [-0.05, 0) is 38.5 Å². The molecule has 2 N–H and O–H groups in total. The van der Waals surface area contributed by atoms with E-state index in [4.69, 9.17) is 9.47 Å². The monoisotopic (exact) mass is 360 g/mol. The smallest absolute Gasteiger partial charge is 0.317 e. The van der Waals surface area contributed by atoms with Gasteiger partial charge in [0.25, 0.3) is 0 Å². The lowest BCUT2D eigenvalue weighted by atomic mass is 10.1. The van der Waals surface area contributed by atoms with E-state index >= 15 is 0 Å². The maximum Gasteiger partial charge on any atom is 0.317 e. The maximum atomic E-state index is 11.5. The normalized spacial score (nSPS) is 13.3. The fourth-order valence-electron chi connectivity index (χ4n) is 2.40. The van der Waals surface area contributed by atoms with Gasteiger partial charge in [0.15, 0.2) is 0 Å². The minimum absolute atomic E-state index is 0.207. The predicted octanol–water partition coefficient (Wildman–Crippen LogP) is 3.13. The van der Waals surface area contributed by atoms with Crippen molar-refractivity contribution in [3.8, 4) is 0 Å². The van der Waals surface area contributed by atoms with Gasteiger partial charge in [0.1, 0.15) is 6.42 Å². The van der Waals surface area contributed by atoms with Crippen molar-refractivity contribution in [1.82, 2.24) is 0 Å². The number of ether oxygens (including phenoxy) is 2. The molecule has 0 aliphatic carbocycles. The molecular weight excluding hydrogens is 324 g/mol. The molecule has 0 rings (SSSR count). The Morgan fingerprint density at radius 1 is 0.720 bits per heavy atom. The van der Waals surface area contributed by atoms with Gasteiger partial charge in [0.2, 0.25) is 0 Å². The number of hydrogen-bond donors (Lipinski definition) is 2. The average Bonchev–Trinajstić information content (AvgIpc) is 2.58. The van der Waals surface area contributed by atoms with Gasteiger partial charge in [-0.3, -0.25) is 9.59 Å². The van der Waals surface area contributed by atoms with E-state index in [-0.39, 0.29) is 25.4 Å². The average molecular weight is 360 g/mol. The Morgan fingerprint density at radius 2 is 1.08 bits per heavy atom. The molecule has 2 unspecified atom stereocenters. The largest absolute Gasteiger partial charge is 0.465 e. The van der Waals surface area contributed by atoms with Crippen LogP contribution in [0.25, 0.3) is 0 Å². The molecule has 0 aromatic carbocycles. The van der Waals surface area contributed by atoms with E-state index in [1.807, 2.05) is 0 Å². The second kappa shape index (κ2) is 16.3. The van der Waals surface area contributed by atoms with Gasteiger partial charge < -0.3 is 19.7 Å². The van der Waals surface area contributed by atoms with Crippen LogP contribution in [0.2, 0.25) is 0 Å². The molecule has 0 aromatic heterocycles. The molecule has 6 nitrogen and oxygen atoms in total. The van der Waals surface area contributed by atoms with Crippen molar-refractivity contribution in [2.45, 2.75) is 96.7 Å². The van der Waals surface area contributed by atoms with Crippen LogP contribution in [0.4, 0.5) is 0 Å². The molecule has 0 heterocycles. The van der Waals surface area contributed by atoms with E-state index in [2.05, 4.69) is 13.8 Å². The number of unbranched alkanes of at least 4 members (excludes halogenated alkanes) is 2. The van der Waals surface area contributed by atoms with Gasteiger partial charge in [-0.1, -0.05) is 39.5 Å². The first-order valence-corrected chi connectivity index (χ1v) is 9.66. The van der Waals surface area contributed by atoms with Crippen LogP contribution in [0.3, 0.4) is 0 Å². The Morgan fingerprint density at radius 3 is 1.44 bits per heavy atom. The zero-order chi connectivity index (χ0) is 18.9. The first-order valence-electron chi connectivity index (χ1n) is 9.66. The van der Waals surface area contributed by atoms with Gasteiger partial charge in [-0.25, -0.2) is 0 Å². The Bertz CT molecular complexity index is 313. The van der Waals surface area contributed by atoms with Crippen LogP contribution in [0.1, 0.15) is 84.5 Å². The lowest BCUT2D eigenvalue weighted by molar-refractivity contribution is -0.154. The van der Waals surface area contributed by atoms with E-state index in [9.17, 15) is 19.8 Å². The van der Waals surface area contributed by atoms with Crippen LogP contribution >= 0.6 is 0 Å². The van der Waals surface area contributed by atoms with Crippen molar-refractivity contribution in [2.24, 2.45) is 0 Å². The van der Waals surface area contributed by atoms with E-state index in [0.717, 1.165) is 38.5 Å². The fourth-order valence-corrected chi connectivity index (χ4v) is 2.40. The highest BCUT2D eigenvalue weighted by molar-refractivity contribution is 5.91. The number of aliphatic hydroxyl groups excluding tert-OH is 2. The summed E-state index contributed by atoms with van der Waals surface area (Å²) in [5, 5.41) is 19.3. The van der Waals surface area contributed by atoms with Gasteiger partial charge in [-0.2, -0.15) is 0 Å². The van der Waals surface area contributed by atoms with Gasteiger partial charge in [0, 0.05) is 0 Å². The second-order valence-electron chi connectivity index (χ2n) is 6.49. The summed E-state index contributed by atoms with van der Waals surface area (Å²) < 4.78 is 9.93. The molecule has 0 aliphatic rings. The Hall–Kier alpha value is -1.14. The van der Waals surface area contributed by atoms with Crippen molar-refractivity contribution < 1.29 is 29.3 Å². The highest BCUT2D eigenvalue weighted by atomic mass is 16.6. The molecule has 25 heavy (non-hydrogen) atoms. The molecule has 6 heteroatoms. The molecular formula is C19H36O6. The van der Waals surface area contributed by atoms with Crippen molar-refractivity contribution in [3.05, 3.63) is 0 Å². The molecule has 0 fully saturated rings. The third-order valence-corrected chi connectivity index (χ3v) is 3.96. The van der Waals surface area contributed by atoms with Crippen LogP contribution in [-0.2, 0) is 19.1 Å². The number of esters is 2. The lowest BCUT2D eigenvalue weighted by Crippen LogP contribution is -2.16. The molecule has 0 bridgehead atoms. The van der Waals surface area contributed by atoms with Crippen LogP contribution < -0.4 is 0 Å². The molecule has 0 aromatic rings. The maximum absolute atomic E-state index is 11.5. The summed E-state index contributed by atoms with van der Waals surface area (Å²) in [6.07, 6.45) is 6.87. The first-order chi connectivity index (χ1) is 12.0. The van der Waals surface area contributed by atoms with Crippen molar-refractivity contribution in [2.75, 3.05) is 13.2 Å². The zero-order valence-electron chi connectivity index (χ0n) is 15.9. The summed E-state index contributed by atoms with van der Waals surface area (Å²) in [4.78, 5) is 23.0. The summed E-state index contributed by atoms with van der Waals surface area (Å²) in [6.45, 7) is 4.56. The minimum atomic E-state index is -0.601.